The largest absolute Gasteiger partial charge is 0.492 e. The van der Waals surface area contributed by atoms with Gasteiger partial charge in [-0.3, -0.25) is 14.9 Å². The fraction of sp³-hybridized carbons (Fsp3) is 0.286. The molecule has 0 bridgehead atoms. The van der Waals surface area contributed by atoms with Gasteiger partial charge in [-0.2, -0.15) is 0 Å². The third-order valence-electron chi connectivity index (χ3n) is 3.82. The van der Waals surface area contributed by atoms with E-state index in [1.165, 1.54) is 0 Å². The summed E-state index contributed by atoms with van der Waals surface area (Å²) in [6, 6.07) is 12.0. The summed E-state index contributed by atoms with van der Waals surface area (Å²) in [5, 5.41) is 8.56. The molecule has 0 saturated heterocycles. The zero-order chi connectivity index (χ0) is 21.2. The number of nitrogens with one attached hydrogen (secondary N) is 3. The molecule has 0 saturated carbocycles. The zero-order valence-electron chi connectivity index (χ0n) is 16.4. The van der Waals surface area contributed by atoms with Crippen molar-refractivity contribution in [2.45, 2.75) is 26.7 Å². The third-order valence-corrected chi connectivity index (χ3v) is 4.65. The molecule has 0 aliphatic heterocycles. The SMILES string of the molecule is CCCNC(=O)c1ccc(NC(=S)NC(=O)c2ccc(OCCC)c(Br)c2)cc1. The molecule has 0 radical (unpaired) electrons. The van der Waals surface area contributed by atoms with Crippen molar-refractivity contribution in [2.24, 2.45) is 0 Å². The lowest BCUT2D eigenvalue weighted by Crippen LogP contribution is -2.34. The zero-order valence-corrected chi connectivity index (χ0v) is 18.8. The van der Waals surface area contributed by atoms with Gasteiger partial charge in [-0.25, -0.2) is 0 Å². The van der Waals surface area contributed by atoms with Crippen LogP contribution in [0.5, 0.6) is 5.75 Å². The number of carbonyl (C=O) groups is 2. The molecule has 0 aliphatic carbocycles. The van der Waals surface area contributed by atoms with E-state index in [-0.39, 0.29) is 16.9 Å². The molecule has 0 aliphatic rings. The average Bonchev–Trinajstić information content (AvgIpc) is 2.71. The summed E-state index contributed by atoms with van der Waals surface area (Å²) in [4.78, 5) is 24.3. The monoisotopic (exact) mass is 477 g/mol. The molecule has 0 spiro atoms. The van der Waals surface area contributed by atoms with Crippen molar-refractivity contribution in [1.29, 1.82) is 0 Å². The maximum Gasteiger partial charge on any atom is 0.257 e. The summed E-state index contributed by atoms with van der Waals surface area (Å²) in [7, 11) is 0. The van der Waals surface area contributed by atoms with Gasteiger partial charge < -0.3 is 15.4 Å². The number of ether oxygens (including phenoxy) is 1. The molecule has 2 aromatic carbocycles. The molecule has 2 amide bonds. The van der Waals surface area contributed by atoms with E-state index in [1.807, 2.05) is 13.8 Å². The van der Waals surface area contributed by atoms with Gasteiger partial charge >= 0.3 is 0 Å². The van der Waals surface area contributed by atoms with E-state index in [0.717, 1.165) is 12.8 Å². The van der Waals surface area contributed by atoms with Crippen LogP contribution in [0.1, 0.15) is 47.4 Å². The standard InChI is InChI=1S/C21H24BrN3O3S/c1-3-11-23-19(26)14-5-8-16(9-6-14)24-21(29)25-20(27)15-7-10-18(17(22)13-15)28-12-4-2/h5-10,13H,3-4,11-12H2,1-2H3,(H,23,26)(H2,24,25,27,29). The van der Waals surface area contributed by atoms with Crippen molar-refractivity contribution in [3.63, 3.8) is 0 Å². The van der Waals surface area contributed by atoms with Crippen LogP contribution >= 0.6 is 28.1 Å². The number of amides is 2. The summed E-state index contributed by atoms with van der Waals surface area (Å²) in [6.45, 7) is 5.27. The Hall–Kier alpha value is -2.45. The van der Waals surface area contributed by atoms with Gasteiger partial charge in [-0.1, -0.05) is 13.8 Å². The van der Waals surface area contributed by atoms with Gasteiger partial charge in [0.25, 0.3) is 11.8 Å². The van der Waals surface area contributed by atoms with Gasteiger partial charge in [0.1, 0.15) is 5.75 Å². The Kier molecular flexibility index (Phi) is 9.08. The number of hydrogen-bond donors (Lipinski definition) is 3. The maximum atomic E-state index is 12.4. The number of carbonyl (C=O) groups excluding carboxylic acids is 2. The van der Waals surface area contributed by atoms with Crippen molar-refractivity contribution < 1.29 is 14.3 Å². The lowest BCUT2D eigenvalue weighted by molar-refractivity contribution is 0.0951. The number of benzene rings is 2. The first-order valence-corrected chi connectivity index (χ1v) is 10.6. The fourth-order valence-electron chi connectivity index (χ4n) is 2.35. The van der Waals surface area contributed by atoms with Gasteiger partial charge in [-0.05, 0) is 83.5 Å². The molecule has 0 aromatic heterocycles. The number of rotatable bonds is 8. The van der Waals surface area contributed by atoms with Gasteiger partial charge in [-0.15, -0.1) is 0 Å². The normalized spacial score (nSPS) is 10.2. The number of thiocarbonyl (C=S) groups is 1. The van der Waals surface area contributed by atoms with Crippen LogP contribution in [0.3, 0.4) is 0 Å². The molecule has 6 nitrogen and oxygen atoms in total. The van der Waals surface area contributed by atoms with E-state index >= 15 is 0 Å². The number of hydrogen-bond acceptors (Lipinski definition) is 4. The van der Waals surface area contributed by atoms with E-state index in [2.05, 4.69) is 31.9 Å². The van der Waals surface area contributed by atoms with Gasteiger partial charge in [0.05, 0.1) is 11.1 Å². The minimum absolute atomic E-state index is 0.119. The predicted octanol–water partition coefficient (Wildman–Crippen LogP) is 4.50. The summed E-state index contributed by atoms with van der Waals surface area (Å²) in [5.74, 6) is 0.235. The summed E-state index contributed by atoms with van der Waals surface area (Å²) in [6.07, 6.45) is 1.78. The van der Waals surface area contributed by atoms with Crippen molar-refractivity contribution >= 4 is 50.8 Å². The fourth-order valence-corrected chi connectivity index (χ4v) is 3.06. The molecule has 0 heterocycles. The van der Waals surface area contributed by atoms with Crippen LogP contribution in [-0.2, 0) is 0 Å². The van der Waals surface area contributed by atoms with E-state index in [1.54, 1.807) is 42.5 Å². The Balaban J connectivity index is 1.92. The van der Waals surface area contributed by atoms with Crippen molar-refractivity contribution in [3.05, 3.63) is 58.1 Å². The lowest BCUT2D eigenvalue weighted by Gasteiger charge is -2.12. The first-order chi connectivity index (χ1) is 13.9. The minimum atomic E-state index is -0.333. The molecule has 2 aromatic rings. The Labute approximate surface area is 184 Å². The maximum absolute atomic E-state index is 12.4. The van der Waals surface area contributed by atoms with Crippen LogP contribution in [-0.4, -0.2) is 30.1 Å². The molecule has 154 valence electrons. The summed E-state index contributed by atoms with van der Waals surface area (Å²) >= 11 is 8.62. The van der Waals surface area contributed by atoms with Gasteiger partial charge in [0.2, 0.25) is 0 Å². The highest BCUT2D eigenvalue weighted by molar-refractivity contribution is 9.10. The van der Waals surface area contributed by atoms with Crippen molar-refractivity contribution in [2.75, 3.05) is 18.5 Å². The first-order valence-electron chi connectivity index (χ1n) is 9.37. The molecule has 8 heteroatoms. The number of halogens is 1. The second kappa shape index (κ2) is 11.5. The van der Waals surface area contributed by atoms with Gasteiger partial charge in [0, 0.05) is 23.4 Å². The minimum Gasteiger partial charge on any atom is -0.492 e. The Bertz CT molecular complexity index is 872. The topological polar surface area (TPSA) is 79.5 Å². The van der Waals surface area contributed by atoms with E-state index in [4.69, 9.17) is 17.0 Å². The molecule has 0 atom stereocenters. The molecular weight excluding hydrogens is 454 g/mol. The second-order valence-corrected chi connectivity index (χ2v) is 7.50. The average molecular weight is 478 g/mol. The van der Waals surface area contributed by atoms with E-state index < -0.39 is 0 Å². The highest BCUT2D eigenvalue weighted by Gasteiger charge is 2.11. The molecule has 3 N–H and O–H groups in total. The molecule has 0 unspecified atom stereocenters. The lowest BCUT2D eigenvalue weighted by atomic mass is 10.2. The summed E-state index contributed by atoms with van der Waals surface area (Å²) in [5.41, 5.74) is 1.69. The molecule has 2 rings (SSSR count). The predicted molar refractivity (Wildman–Crippen MR) is 123 cm³/mol. The smallest absolute Gasteiger partial charge is 0.257 e. The highest BCUT2D eigenvalue weighted by Crippen LogP contribution is 2.26. The quantitative estimate of drug-likeness (QED) is 0.487. The molecule has 29 heavy (non-hydrogen) atoms. The van der Waals surface area contributed by atoms with Crippen molar-refractivity contribution in [1.82, 2.24) is 10.6 Å². The van der Waals surface area contributed by atoms with Crippen LogP contribution in [0.25, 0.3) is 0 Å². The second-order valence-electron chi connectivity index (χ2n) is 6.24. The Morgan fingerprint density at radius 2 is 1.69 bits per heavy atom. The van der Waals surface area contributed by atoms with Crippen LogP contribution in [0.15, 0.2) is 46.9 Å². The Morgan fingerprint density at radius 3 is 2.31 bits per heavy atom. The van der Waals surface area contributed by atoms with Crippen molar-refractivity contribution in [3.8, 4) is 5.75 Å². The Morgan fingerprint density at radius 1 is 1.00 bits per heavy atom. The van der Waals surface area contributed by atoms with Crippen LogP contribution in [0.4, 0.5) is 5.69 Å². The number of anilines is 1. The van der Waals surface area contributed by atoms with Crippen LogP contribution in [0, 0.1) is 0 Å². The third kappa shape index (κ3) is 7.14. The van der Waals surface area contributed by atoms with E-state index in [0.29, 0.717) is 40.2 Å². The van der Waals surface area contributed by atoms with Crippen LogP contribution < -0.4 is 20.7 Å². The highest BCUT2D eigenvalue weighted by atomic mass is 79.9. The van der Waals surface area contributed by atoms with Gasteiger partial charge in [0.15, 0.2) is 5.11 Å². The van der Waals surface area contributed by atoms with E-state index in [9.17, 15) is 9.59 Å². The first kappa shape index (κ1) is 22.8. The molecular formula is C21H24BrN3O3S. The molecule has 0 fully saturated rings. The summed E-state index contributed by atoms with van der Waals surface area (Å²) < 4.78 is 6.29. The van der Waals surface area contributed by atoms with Crippen LogP contribution in [0.2, 0.25) is 0 Å².